The Kier molecular flexibility index (Phi) is 3.70. The Morgan fingerprint density at radius 3 is 2.77 bits per heavy atom. The summed E-state index contributed by atoms with van der Waals surface area (Å²) in [7, 11) is 0. The molecule has 5 nitrogen and oxygen atoms in total. The van der Waals surface area contributed by atoms with E-state index in [-0.39, 0.29) is 5.82 Å². The summed E-state index contributed by atoms with van der Waals surface area (Å²) in [4.78, 5) is 13.6. The average Bonchev–Trinajstić information content (AvgIpc) is 2.82. The number of nitrogens with zero attached hydrogens (tertiary/aromatic N) is 3. The molecule has 0 radical (unpaired) electrons. The van der Waals surface area contributed by atoms with Crippen LogP contribution < -0.4 is 0 Å². The number of aliphatic carboxylic acids is 1. The van der Waals surface area contributed by atoms with Gasteiger partial charge in [-0.3, -0.25) is 14.4 Å². The highest BCUT2D eigenvalue weighted by atomic mass is 19.1. The van der Waals surface area contributed by atoms with Gasteiger partial charge >= 0.3 is 5.97 Å². The molecule has 2 aromatic rings. The minimum absolute atomic E-state index is 0.373. The highest BCUT2D eigenvalue weighted by Gasteiger charge is 2.31. The van der Waals surface area contributed by atoms with Gasteiger partial charge in [-0.2, -0.15) is 5.10 Å². The van der Waals surface area contributed by atoms with E-state index in [2.05, 4.69) is 5.10 Å². The van der Waals surface area contributed by atoms with Crippen molar-refractivity contribution in [1.29, 1.82) is 0 Å². The third-order valence-electron chi connectivity index (χ3n) is 4.06. The summed E-state index contributed by atoms with van der Waals surface area (Å²) in [6.07, 6.45) is 0. The van der Waals surface area contributed by atoms with Gasteiger partial charge in [0.05, 0.1) is 17.9 Å². The molecule has 6 heteroatoms. The van der Waals surface area contributed by atoms with Crippen molar-refractivity contribution in [3.05, 3.63) is 52.6 Å². The molecule has 2 heterocycles. The summed E-state index contributed by atoms with van der Waals surface area (Å²) in [5.41, 5.74) is 2.90. The summed E-state index contributed by atoms with van der Waals surface area (Å²) < 4.78 is 15.7. The number of hydrogen-bond donors (Lipinski definition) is 1. The van der Waals surface area contributed by atoms with Gasteiger partial charge in [-0.15, -0.1) is 0 Å². The number of halogens is 1. The van der Waals surface area contributed by atoms with Crippen LogP contribution in [0.2, 0.25) is 0 Å². The monoisotopic (exact) mass is 303 g/mol. The van der Waals surface area contributed by atoms with Crippen molar-refractivity contribution >= 4 is 5.97 Å². The molecule has 0 saturated heterocycles. The number of carboxylic acid groups (broad SMARTS) is 1. The number of benzene rings is 1. The van der Waals surface area contributed by atoms with Crippen LogP contribution in [0.5, 0.6) is 0 Å². The lowest BCUT2D eigenvalue weighted by molar-refractivity contribution is -0.144. The van der Waals surface area contributed by atoms with Crippen LogP contribution in [0.1, 0.15) is 28.6 Å². The Labute approximate surface area is 128 Å². The largest absolute Gasteiger partial charge is 0.480 e. The number of hydrogen-bond acceptors (Lipinski definition) is 3. The molecule has 0 fully saturated rings. The molecule has 1 aliphatic heterocycles. The molecule has 1 atom stereocenters. The Morgan fingerprint density at radius 1 is 1.32 bits per heavy atom. The molecule has 1 aromatic carbocycles. The summed E-state index contributed by atoms with van der Waals surface area (Å²) >= 11 is 0. The maximum Gasteiger partial charge on any atom is 0.325 e. The predicted molar refractivity (Wildman–Crippen MR) is 78.9 cm³/mol. The van der Waals surface area contributed by atoms with Crippen molar-refractivity contribution < 1.29 is 14.3 Å². The summed E-state index contributed by atoms with van der Waals surface area (Å²) in [5, 5.41) is 14.0. The molecule has 1 unspecified atom stereocenters. The second-order valence-corrected chi connectivity index (χ2v) is 5.72. The van der Waals surface area contributed by atoms with E-state index in [9.17, 15) is 14.3 Å². The Bertz CT molecular complexity index is 726. The topological polar surface area (TPSA) is 58.4 Å². The van der Waals surface area contributed by atoms with Gasteiger partial charge in [0.2, 0.25) is 0 Å². The number of rotatable bonds is 3. The highest BCUT2D eigenvalue weighted by Crippen LogP contribution is 2.27. The van der Waals surface area contributed by atoms with Crippen LogP contribution in [0.3, 0.4) is 0 Å². The summed E-state index contributed by atoms with van der Waals surface area (Å²) in [6.45, 7) is 5.28. The van der Waals surface area contributed by atoms with Crippen molar-refractivity contribution in [2.24, 2.45) is 0 Å². The fourth-order valence-electron chi connectivity index (χ4n) is 2.94. The van der Waals surface area contributed by atoms with Crippen molar-refractivity contribution in [2.45, 2.75) is 33.0 Å². The fourth-order valence-corrected chi connectivity index (χ4v) is 2.94. The first kappa shape index (κ1) is 14.7. The second kappa shape index (κ2) is 5.53. The third kappa shape index (κ3) is 2.62. The second-order valence-electron chi connectivity index (χ2n) is 5.72. The zero-order valence-corrected chi connectivity index (χ0v) is 12.6. The lowest BCUT2D eigenvalue weighted by Gasteiger charge is -2.32. The first-order valence-electron chi connectivity index (χ1n) is 7.22. The molecule has 1 aromatic heterocycles. The quantitative estimate of drug-likeness (QED) is 0.945. The van der Waals surface area contributed by atoms with Gasteiger partial charge in [-0.25, -0.2) is 4.39 Å². The maximum absolute atomic E-state index is 13.8. The van der Waals surface area contributed by atoms with Gasteiger partial charge < -0.3 is 5.11 Å². The van der Waals surface area contributed by atoms with E-state index in [1.165, 1.54) is 6.07 Å². The first-order valence-corrected chi connectivity index (χ1v) is 7.22. The normalized spacial score (nSPS) is 16.3. The summed E-state index contributed by atoms with van der Waals surface area (Å²) in [5.74, 6) is -1.34. The van der Waals surface area contributed by atoms with Gasteiger partial charge in [-0.1, -0.05) is 12.1 Å². The van der Waals surface area contributed by atoms with Crippen LogP contribution in [-0.2, 0) is 17.9 Å². The predicted octanol–water partition coefficient (Wildman–Crippen LogP) is 2.28. The standard InChI is InChI=1S/C16H18FN3O2/c1-10-3-4-12(8-14(10)17)15(16(21)22)19-5-6-20-13(9-19)7-11(2)18-20/h3-4,7-8,15H,5-6,9H2,1-2H3,(H,21,22). The number of fused-ring (bicyclic) bond motifs is 1. The molecule has 116 valence electrons. The molecule has 22 heavy (non-hydrogen) atoms. The Balaban J connectivity index is 1.92. The Hall–Kier alpha value is -2.21. The average molecular weight is 303 g/mol. The van der Waals surface area contributed by atoms with Crippen molar-refractivity contribution in [2.75, 3.05) is 6.54 Å². The molecular weight excluding hydrogens is 285 g/mol. The van der Waals surface area contributed by atoms with E-state index in [4.69, 9.17) is 0 Å². The van der Waals surface area contributed by atoms with Gasteiger partial charge in [0.25, 0.3) is 0 Å². The molecule has 0 aliphatic carbocycles. The molecule has 0 amide bonds. The number of carboxylic acids is 1. The third-order valence-corrected chi connectivity index (χ3v) is 4.06. The van der Waals surface area contributed by atoms with E-state index in [0.29, 0.717) is 30.8 Å². The van der Waals surface area contributed by atoms with E-state index >= 15 is 0 Å². The van der Waals surface area contributed by atoms with Crippen LogP contribution in [0.25, 0.3) is 0 Å². The van der Waals surface area contributed by atoms with Crippen LogP contribution >= 0.6 is 0 Å². The van der Waals surface area contributed by atoms with Gasteiger partial charge in [0.1, 0.15) is 11.9 Å². The van der Waals surface area contributed by atoms with E-state index in [1.807, 2.05) is 22.6 Å². The van der Waals surface area contributed by atoms with Crippen LogP contribution in [0.15, 0.2) is 24.3 Å². The number of aryl methyl sites for hydroxylation is 2. The Morgan fingerprint density at radius 2 is 2.09 bits per heavy atom. The van der Waals surface area contributed by atoms with Gasteiger partial charge in [0.15, 0.2) is 0 Å². The first-order chi connectivity index (χ1) is 10.5. The fraction of sp³-hybridized carbons (Fsp3) is 0.375. The summed E-state index contributed by atoms with van der Waals surface area (Å²) in [6, 6.07) is 5.75. The van der Waals surface area contributed by atoms with E-state index in [1.54, 1.807) is 19.1 Å². The van der Waals surface area contributed by atoms with Crippen LogP contribution in [0.4, 0.5) is 4.39 Å². The maximum atomic E-state index is 13.8. The van der Waals surface area contributed by atoms with Crippen LogP contribution in [0, 0.1) is 19.7 Å². The smallest absolute Gasteiger partial charge is 0.325 e. The molecule has 1 N–H and O–H groups in total. The van der Waals surface area contributed by atoms with Crippen molar-refractivity contribution in [1.82, 2.24) is 14.7 Å². The molecule has 3 rings (SSSR count). The lowest BCUT2D eigenvalue weighted by Crippen LogP contribution is -2.40. The van der Waals surface area contributed by atoms with Crippen molar-refractivity contribution in [3.63, 3.8) is 0 Å². The van der Waals surface area contributed by atoms with Gasteiger partial charge in [-0.05, 0) is 37.1 Å². The number of carbonyl (C=O) groups is 1. The molecule has 0 bridgehead atoms. The van der Waals surface area contributed by atoms with Gasteiger partial charge in [0, 0.05) is 13.1 Å². The van der Waals surface area contributed by atoms with Crippen LogP contribution in [-0.4, -0.2) is 32.3 Å². The molecule has 1 aliphatic rings. The molecular formula is C16H18FN3O2. The highest BCUT2D eigenvalue weighted by molar-refractivity contribution is 5.75. The number of aromatic nitrogens is 2. The zero-order valence-electron chi connectivity index (χ0n) is 12.6. The molecule has 0 saturated carbocycles. The lowest BCUT2D eigenvalue weighted by atomic mass is 10.0. The minimum Gasteiger partial charge on any atom is -0.480 e. The van der Waals surface area contributed by atoms with Crippen molar-refractivity contribution in [3.8, 4) is 0 Å². The SMILES string of the molecule is Cc1cc2n(n1)CCN(C(C(=O)O)c1ccc(C)c(F)c1)C2. The molecule has 0 spiro atoms. The zero-order chi connectivity index (χ0) is 15.9. The van der Waals surface area contributed by atoms with E-state index in [0.717, 1.165) is 11.4 Å². The van der Waals surface area contributed by atoms with E-state index < -0.39 is 12.0 Å². The minimum atomic E-state index is -0.965.